The number of carbonyl (C=O) groups excluding carboxylic acids is 1. The summed E-state index contributed by atoms with van der Waals surface area (Å²) in [6, 6.07) is 7.96. The number of para-hydroxylation sites is 1. The SMILES string of the molecule is CSC1(CNC(=O)NC2COc3ccccc3C2)CC1. The first-order valence-electron chi connectivity index (χ1n) is 7.01. The van der Waals surface area contributed by atoms with Crippen molar-refractivity contribution in [1.82, 2.24) is 10.6 Å². The van der Waals surface area contributed by atoms with Gasteiger partial charge in [0.1, 0.15) is 12.4 Å². The van der Waals surface area contributed by atoms with Gasteiger partial charge in [0, 0.05) is 11.3 Å². The molecule has 0 radical (unpaired) electrons. The van der Waals surface area contributed by atoms with E-state index in [1.54, 1.807) is 0 Å². The second-order valence-corrected chi connectivity index (χ2v) is 6.81. The molecule has 2 N–H and O–H groups in total. The molecule has 0 aromatic heterocycles. The van der Waals surface area contributed by atoms with Crippen LogP contribution in [0.15, 0.2) is 24.3 Å². The van der Waals surface area contributed by atoms with E-state index in [-0.39, 0.29) is 12.1 Å². The van der Waals surface area contributed by atoms with Gasteiger partial charge in [-0.1, -0.05) is 18.2 Å². The molecule has 1 aliphatic carbocycles. The van der Waals surface area contributed by atoms with E-state index in [1.165, 1.54) is 12.8 Å². The third-order valence-electron chi connectivity index (χ3n) is 4.03. The van der Waals surface area contributed by atoms with Crippen LogP contribution >= 0.6 is 11.8 Å². The number of nitrogens with one attached hydrogen (secondary N) is 2. The van der Waals surface area contributed by atoms with E-state index in [4.69, 9.17) is 4.74 Å². The summed E-state index contributed by atoms with van der Waals surface area (Å²) in [4.78, 5) is 11.9. The minimum atomic E-state index is -0.0849. The maximum atomic E-state index is 11.9. The molecule has 2 amide bonds. The molecular weight excluding hydrogens is 272 g/mol. The van der Waals surface area contributed by atoms with Crippen molar-refractivity contribution in [1.29, 1.82) is 0 Å². The molecule has 0 spiro atoms. The molecule has 1 saturated carbocycles. The maximum absolute atomic E-state index is 11.9. The van der Waals surface area contributed by atoms with E-state index in [9.17, 15) is 4.79 Å². The Labute approximate surface area is 123 Å². The van der Waals surface area contributed by atoms with Crippen molar-refractivity contribution >= 4 is 17.8 Å². The number of carbonyl (C=O) groups is 1. The van der Waals surface area contributed by atoms with Gasteiger partial charge < -0.3 is 15.4 Å². The number of amides is 2. The Hall–Kier alpha value is -1.36. The molecule has 5 heteroatoms. The Morgan fingerprint density at radius 2 is 2.25 bits per heavy atom. The number of hydrogen-bond acceptors (Lipinski definition) is 3. The van der Waals surface area contributed by atoms with Gasteiger partial charge in [-0.15, -0.1) is 0 Å². The molecule has 1 atom stereocenters. The van der Waals surface area contributed by atoms with Crippen LogP contribution in [0.1, 0.15) is 18.4 Å². The average molecular weight is 292 g/mol. The summed E-state index contributed by atoms with van der Waals surface area (Å²) in [6.45, 7) is 1.29. The van der Waals surface area contributed by atoms with Crippen molar-refractivity contribution in [2.24, 2.45) is 0 Å². The molecule has 108 valence electrons. The summed E-state index contributed by atoms with van der Waals surface area (Å²) in [5.41, 5.74) is 1.16. The predicted octanol–water partition coefficient (Wildman–Crippen LogP) is 2.18. The van der Waals surface area contributed by atoms with E-state index >= 15 is 0 Å². The summed E-state index contributed by atoms with van der Waals surface area (Å²) in [7, 11) is 0. The van der Waals surface area contributed by atoms with Crippen molar-refractivity contribution in [3.8, 4) is 5.75 Å². The minimum absolute atomic E-state index is 0.0503. The van der Waals surface area contributed by atoms with Gasteiger partial charge in [0.05, 0.1) is 6.04 Å². The zero-order valence-corrected chi connectivity index (χ0v) is 12.5. The second-order valence-electron chi connectivity index (χ2n) is 5.53. The van der Waals surface area contributed by atoms with Crippen LogP contribution in [0, 0.1) is 0 Å². The van der Waals surface area contributed by atoms with Crippen molar-refractivity contribution in [2.45, 2.75) is 30.1 Å². The van der Waals surface area contributed by atoms with Gasteiger partial charge >= 0.3 is 6.03 Å². The van der Waals surface area contributed by atoms with Crippen LogP contribution in [0.3, 0.4) is 0 Å². The van der Waals surface area contributed by atoms with E-state index in [2.05, 4.69) is 16.9 Å². The Balaban J connectivity index is 1.48. The monoisotopic (exact) mass is 292 g/mol. The summed E-state index contributed by atoms with van der Waals surface area (Å²) in [5, 5.41) is 5.98. The molecule has 1 fully saturated rings. The average Bonchev–Trinajstić information content (AvgIpc) is 3.26. The molecule has 1 aliphatic heterocycles. The maximum Gasteiger partial charge on any atom is 0.315 e. The van der Waals surface area contributed by atoms with Gasteiger partial charge in [-0.25, -0.2) is 4.79 Å². The van der Waals surface area contributed by atoms with Crippen LogP contribution in [0.4, 0.5) is 4.79 Å². The van der Waals surface area contributed by atoms with Crippen LogP contribution in [-0.4, -0.2) is 36.2 Å². The second kappa shape index (κ2) is 5.56. The van der Waals surface area contributed by atoms with Crippen LogP contribution in [-0.2, 0) is 6.42 Å². The first-order chi connectivity index (χ1) is 9.71. The summed E-state index contributed by atoms with van der Waals surface area (Å²) in [5.74, 6) is 0.935. The van der Waals surface area contributed by atoms with E-state index in [0.717, 1.165) is 24.3 Å². The predicted molar refractivity (Wildman–Crippen MR) is 81.4 cm³/mol. The van der Waals surface area contributed by atoms with Gasteiger partial charge in [0.2, 0.25) is 0 Å². The molecule has 1 aromatic rings. The van der Waals surface area contributed by atoms with Gasteiger partial charge in [0.25, 0.3) is 0 Å². The minimum Gasteiger partial charge on any atom is -0.491 e. The van der Waals surface area contributed by atoms with Crippen molar-refractivity contribution in [3.05, 3.63) is 29.8 Å². The van der Waals surface area contributed by atoms with Crippen LogP contribution in [0.25, 0.3) is 0 Å². The normalized spacial score (nSPS) is 22.4. The highest BCUT2D eigenvalue weighted by molar-refractivity contribution is 8.00. The summed E-state index contributed by atoms with van der Waals surface area (Å²) < 4.78 is 5.97. The van der Waals surface area contributed by atoms with E-state index in [1.807, 2.05) is 36.0 Å². The Bertz CT molecular complexity index is 502. The number of hydrogen-bond donors (Lipinski definition) is 2. The topological polar surface area (TPSA) is 50.4 Å². The third-order valence-corrected chi connectivity index (χ3v) is 5.44. The Kier molecular flexibility index (Phi) is 3.78. The number of benzene rings is 1. The van der Waals surface area contributed by atoms with Crippen molar-refractivity contribution in [2.75, 3.05) is 19.4 Å². The smallest absolute Gasteiger partial charge is 0.315 e. The number of ether oxygens (including phenoxy) is 1. The van der Waals surface area contributed by atoms with Crippen molar-refractivity contribution in [3.63, 3.8) is 0 Å². The lowest BCUT2D eigenvalue weighted by atomic mass is 10.0. The molecule has 4 nitrogen and oxygen atoms in total. The Morgan fingerprint density at radius 1 is 1.45 bits per heavy atom. The molecule has 2 aliphatic rings. The molecule has 1 heterocycles. The van der Waals surface area contributed by atoms with Crippen LogP contribution in [0.2, 0.25) is 0 Å². The lowest BCUT2D eigenvalue weighted by Crippen LogP contribution is -2.48. The zero-order chi connectivity index (χ0) is 14.0. The number of rotatable bonds is 4. The highest BCUT2D eigenvalue weighted by atomic mass is 32.2. The van der Waals surface area contributed by atoms with Gasteiger partial charge in [-0.05, 0) is 37.1 Å². The molecular formula is C15H20N2O2S. The van der Waals surface area contributed by atoms with Gasteiger partial charge in [-0.2, -0.15) is 11.8 Å². The molecule has 0 bridgehead atoms. The fraction of sp³-hybridized carbons (Fsp3) is 0.533. The number of urea groups is 1. The highest BCUT2D eigenvalue weighted by Gasteiger charge is 2.42. The molecule has 0 saturated heterocycles. The highest BCUT2D eigenvalue weighted by Crippen LogP contribution is 2.46. The summed E-state index contributed by atoms with van der Waals surface area (Å²) in [6.07, 6.45) is 5.35. The number of thioether (sulfide) groups is 1. The first kappa shape index (κ1) is 13.6. The van der Waals surface area contributed by atoms with Gasteiger partial charge in [0.15, 0.2) is 0 Å². The largest absolute Gasteiger partial charge is 0.491 e. The zero-order valence-electron chi connectivity index (χ0n) is 11.6. The molecule has 1 unspecified atom stereocenters. The van der Waals surface area contributed by atoms with E-state index in [0.29, 0.717) is 11.4 Å². The number of fused-ring (bicyclic) bond motifs is 1. The molecule has 3 rings (SSSR count). The third kappa shape index (κ3) is 3.03. The molecule has 20 heavy (non-hydrogen) atoms. The Morgan fingerprint density at radius 3 is 3.00 bits per heavy atom. The lowest BCUT2D eigenvalue weighted by Gasteiger charge is -2.26. The first-order valence-corrected chi connectivity index (χ1v) is 8.23. The lowest BCUT2D eigenvalue weighted by molar-refractivity contribution is 0.214. The van der Waals surface area contributed by atoms with E-state index < -0.39 is 0 Å². The fourth-order valence-electron chi connectivity index (χ4n) is 2.49. The van der Waals surface area contributed by atoms with Crippen molar-refractivity contribution < 1.29 is 9.53 Å². The van der Waals surface area contributed by atoms with Crippen LogP contribution < -0.4 is 15.4 Å². The molecule has 1 aromatic carbocycles. The fourth-order valence-corrected chi connectivity index (χ4v) is 3.22. The summed E-state index contributed by atoms with van der Waals surface area (Å²) >= 11 is 1.85. The quantitative estimate of drug-likeness (QED) is 0.894. The standard InChI is InChI=1S/C15H20N2O2S/c1-20-15(6-7-15)10-16-14(18)17-12-8-11-4-2-3-5-13(11)19-9-12/h2-5,12H,6-10H2,1H3,(H2,16,17,18). The van der Waals surface area contributed by atoms with Gasteiger partial charge in [-0.3, -0.25) is 0 Å². The van der Waals surface area contributed by atoms with Crippen LogP contribution in [0.5, 0.6) is 5.75 Å².